The Hall–Kier alpha value is -4.13. The molecule has 4 aromatic rings. The number of oxazole rings is 1. The molecular formula is C28H28N2O5. The Morgan fingerprint density at radius 2 is 1.49 bits per heavy atom. The van der Waals surface area contributed by atoms with E-state index in [2.05, 4.69) is 22.4 Å². The van der Waals surface area contributed by atoms with Crippen LogP contribution < -0.4 is 5.32 Å². The third kappa shape index (κ3) is 6.26. The Morgan fingerprint density at radius 3 is 2.11 bits per heavy atom. The van der Waals surface area contributed by atoms with E-state index in [-0.39, 0.29) is 5.92 Å². The Balaban J connectivity index is 0.000000672. The standard InChI is InChI=1S/C27H26N2O2.CH2O3/c1-18-7-16-24-25(17-18)31-27(29-24)28-23-14-12-20(13-15-23)19-8-10-22(11-9-19)26(30)21-5-3-2-4-6-21;2-1(3)4/h7-17,21H,2-6H2,1H3,(H,28,29);(H2,2,3,4). The lowest BCUT2D eigenvalue weighted by Gasteiger charge is -2.20. The second-order valence-electron chi connectivity index (χ2n) is 8.75. The number of fused-ring (bicyclic) bond motifs is 1. The van der Waals surface area contributed by atoms with E-state index in [1.54, 1.807) is 0 Å². The first kappa shape index (κ1) is 24.0. The summed E-state index contributed by atoms with van der Waals surface area (Å²) in [5.41, 5.74) is 6.72. The number of aryl methyl sites for hydroxylation is 1. The van der Waals surface area contributed by atoms with Crippen molar-refractivity contribution >= 4 is 34.7 Å². The third-order valence-electron chi connectivity index (χ3n) is 6.16. The van der Waals surface area contributed by atoms with Gasteiger partial charge >= 0.3 is 6.16 Å². The van der Waals surface area contributed by atoms with Gasteiger partial charge in [-0.25, -0.2) is 4.79 Å². The van der Waals surface area contributed by atoms with Gasteiger partial charge in [-0.1, -0.05) is 61.7 Å². The van der Waals surface area contributed by atoms with E-state index in [1.807, 2.05) is 61.5 Å². The van der Waals surface area contributed by atoms with Crippen molar-refractivity contribution in [1.82, 2.24) is 4.98 Å². The summed E-state index contributed by atoms with van der Waals surface area (Å²) in [7, 11) is 0. The molecule has 0 unspecified atom stereocenters. The molecule has 3 aromatic carbocycles. The molecule has 0 amide bonds. The van der Waals surface area contributed by atoms with E-state index < -0.39 is 6.16 Å². The van der Waals surface area contributed by atoms with Crippen LogP contribution in [0.2, 0.25) is 0 Å². The average molecular weight is 473 g/mol. The third-order valence-corrected chi connectivity index (χ3v) is 6.16. The lowest BCUT2D eigenvalue weighted by atomic mass is 9.83. The first-order valence-corrected chi connectivity index (χ1v) is 11.7. The summed E-state index contributed by atoms with van der Waals surface area (Å²) in [5, 5.41) is 17.2. The van der Waals surface area contributed by atoms with Gasteiger partial charge in [-0.05, 0) is 60.7 Å². The molecule has 7 heteroatoms. The largest absolute Gasteiger partial charge is 0.503 e. The van der Waals surface area contributed by atoms with Crippen molar-refractivity contribution in [2.45, 2.75) is 39.0 Å². The normalized spacial score (nSPS) is 13.6. The maximum atomic E-state index is 12.7. The zero-order valence-electron chi connectivity index (χ0n) is 19.5. The van der Waals surface area contributed by atoms with E-state index in [1.165, 1.54) is 19.3 Å². The molecule has 1 aliphatic rings. The minimum absolute atomic E-state index is 0.209. The number of ketones is 1. The lowest BCUT2D eigenvalue weighted by molar-refractivity contribution is 0.0889. The Kier molecular flexibility index (Phi) is 7.45. The van der Waals surface area contributed by atoms with Gasteiger partial charge in [-0.2, -0.15) is 4.98 Å². The maximum Gasteiger partial charge on any atom is 0.503 e. The number of aromatic nitrogens is 1. The first-order valence-electron chi connectivity index (χ1n) is 11.7. The maximum absolute atomic E-state index is 12.7. The molecule has 0 atom stereocenters. The fourth-order valence-electron chi connectivity index (χ4n) is 4.38. The number of carbonyl (C=O) groups excluding carboxylic acids is 1. The van der Waals surface area contributed by atoms with E-state index >= 15 is 0 Å². The number of carboxylic acid groups (broad SMARTS) is 2. The molecule has 35 heavy (non-hydrogen) atoms. The predicted molar refractivity (Wildman–Crippen MR) is 135 cm³/mol. The van der Waals surface area contributed by atoms with Crippen molar-refractivity contribution in [2.75, 3.05) is 5.32 Å². The number of hydrogen-bond donors (Lipinski definition) is 3. The zero-order chi connectivity index (χ0) is 24.8. The molecule has 0 aliphatic heterocycles. The van der Waals surface area contributed by atoms with Gasteiger partial charge in [-0.3, -0.25) is 4.79 Å². The van der Waals surface area contributed by atoms with Crippen LogP contribution in [0, 0.1) is 12.8 Å². The highest BCUT2D eigenvalue weighted by Crippen LogP contribution is 2.29. The van der Waals surface area contributed by atoms with Gasteiger partial charge in [0.15, 0.2) is 11.4 Å². The molecule has 1 heterocycles. The second-order valence-corrected chi connectivity index (χ2v) is 8.75. The van der Waals surface area contributed by atoms with E-state index in [4.69, 9.17) is 19.4 Å². The Labute approximate surface area is 203 Å². The second kappa shape index (κ2) is 10.9. The Morgan fingerprint density at radius 1 is 0.886 bits per heavy atom. The first-order chi connectivity index (χ1) is 16.9. The summed E-state index contributed by atoms with van der Waals surface area (Å²) in [4.78, 5) is 25.8. The molecule has 5 rings (SSSR count). The summed E-state index contributed by atoms with van der Waals surface area (Å²) in [6.45, 7) is 2.03. The van der Waals surface area contributed by atoms with Gasteiger partial charge in [0.05, 0.1) is 0 Å². The number of carbonyl (C=O) groups is 2. The van der Waals surface area contributed by atoms with Crippen LogP contribution in [0.25, 0.3) is 22.2 Å². The van der Waals surface area contributed by atoms with Crippen LogP contribution in [0.4, 0.5) is 16.5 Å². The molecule has 1 aliphatic carbocycles. The molecule has 0 spiro atoms. The van der Waals surface area contributed by atoms with E-state index in [9.17, 15) is 4.79 Å². The highest BCUT2D eigenvalue weighted by Gasteiger charge is 2.22. The quantitative estimate of drug-likeness (QED) is 0.257. The van der Waals surface area contributed by atoms with Crippen molar-refractivity contribution in [3.63, 3.8) is 0 Å². The predicted octanol–water partition coefficient (Wildman–Crippen LogP) is 7.53. The van der Waals surface area contributed by atoms with Crippen LogP contribution in [0.5, 0.6) is 0 Å². The zero-order valence-corrected chi connectivity index (χ0v) is 19.5. The topological polar surface area (TPSA) is 113 Å². The number of nitrogens with one attached hydrogen (secondary N) is 1. The fourth-order valence-corrected chi connectivity index (χ4v) is 4.38. The van der Waals surface area contributed by atoms with Gasteiger partial charge in [0.1, 0.15) is 5.52 Å². The molecule has 1 saturated carbocycles. The van der Waals surface area contributed by atoms with Crippen molar-refractivity contribution < 1.29 is 24.2 Å². The summed E-state index contributed by atoms with van der Waals surface area (Å²) in [6, 6.07) is 22.6. The summed E-state index contributed by atoms with van der Waals surface area (Å²) in [5.74, 6) is 0.514. The SMILES string of the molecule is Cc1ccc2nc(Nc3ccc(-c4ccc(C(=O)C5CCCCC5)cc4)cc3)oc2c1.O=C(O)O. The summed E-state index contributed by atoms with van der Waals surface area (Å²) < 4.78 is 5.80. The van der Waals surface area contributed by atoms with Crippen LogP contribution in [-0.4, -0.2) is 27.1 Å². The molecule has 1 fully saturated rings. The van der Waals surface area contributed by atoms with Gasteiger partial charge in [0.2, 0.25) is 0 Å². The summed E-state index contributed by atoms with van der Waals surface area (Å²) >= 11 is 0. The number of rotatable bonds is 5. The van der Waals surface area contributed by atoms with Crippen LogP contribution in [0.3, 0.4) is 0 Å². The van der Waals surface area contributed by atoms with Gasteiger partial charge in [0.25, 0.3) is 6.01 Å². The highest BCUT2D eigenvalue weighted by atomic mass is 16.6. The van der Waals surface area contributed by atoms with Gasteiger partial charge in [-0.15, -0.1) is 0 Å². The molecule has 0 radical (unpaired) electrons. The van der Waals surface area contributed by atoms with Crippen molar-refractivity contribution in [3.8, 4) is 11.1 Å². The van der Waals surface area contributed by atoms with Crippen molar-refractivity contribution in [2.24, 2.45) is 5.92 Å². The lowest BCUT2D eigenvalue weighted by Crippen LogP contribution is -2.17. The monoisotopic (exact) mass is 472 g/mol. The number of nitrogens with zero attached hydrogens (tertiary/aromatic N) is 1. The van der Waals surface area contributed by atoms with Crippen LogP contribution in [-0.2, 0) is 0 Å². The van der Waals surface area contributed by atoms with Crippen molar-refractivity contribution in [1.29, 1.82) is 0 Å². The Bertz CT molecular complexity index is 1300. The highest BCUT2D eigenvalue weighted by molar-refractivity contribution is 5.98. The number of benzene rings is 3. The van der Waals surface area contributed by atoms with Crippen LogP contribution in [0.1, 0.15) is 48.0 Å². The van der Waals surface area contributed by atoms with Crippen LogP contribution >= 0.6 is 0 Å². The fraction of sp³-hybridized carbons (Fsp3) is 0.250. The minimum Gasteiger partial charge on any atom is -0.450 e. The van der Waals surface area contributed by atoms with Crippen LogP contribution in [0.15, 0.2) is 71.1 Å². The number of anilines is 2. The molecular weight excluding hydrogens is 444 g/mol. The summed E-state index contributed by atoms with van der Waals surface area (Å²) in [6.07, 6.45) is 3.86. The molecule has 7 nitrogen and oxygen atoms in total. The molecule has 0 saturated heterocycles. The average Bonchev–Trinajstić information content (AvgIpc) is 3.26. The van der Waals surface area contributed by atoms with E-state index in [0.29, 0.717) is 11.8 Å². The molecule has 180 valence electrons. The van der Waals surface area contributed by atoms with Crippen molar-refractivity contribution in [3.05, 3.63) is 77.9 Å². The van der Waals surface area contributed by atoms with Gasteiger partial charge < -0.3 is 19.9 Å². The number of Topliss-reactive ketones (excluding diaryl/α,β-unsaturated/α-hetero) is 1. The minimum atomic E-state index is -1.83. The molecule has 1 aromatic heterocycles. The van der Waals surface area contributed by atoms with Gasteiger partial charge in [0, 0.05) is 17.2 Å². The smallest absolute Gasteiger partial charge is 0.450 e. The molecule has 0 bridgehead atoms. The molecule has 3 N–H and O–H groups in total. The number of hydrogen-bond acceptors (Lipinski definition) is 5. The van der Waals surface area contributed by atoms with E-state index in [0.717, 1.165) is 51.9 Å².